The maximum absolute atomic E-state index is 12.4. The molecule has 0 spiro atoms. The van der Waals surface area contributed by atoms with Gasteiger partial charge in [-0.25, -0.2) is 13.1 Å². The zero-order valence-corrected chi connectivity index (χ0v) is 13.3. The van der Waals surface area contributed by atoms with Crippen molar-refractivity contribution in [3.05, 3.63) is 40.9 Å². The maximum Gasteiger partial charge on any atom is 0.241 e. The SMILES string of the molecule is CC[C@H](C)NS(=O)(=O)c1ccc(Br)c2ccccc12. The summed E-state index contributed by atoms with van der Waals surface area (Å²) >= 11 is 3.45. The molecule has 0 fully saturated rings. The topological polar surface area (TPSA) is 46.2 Å². The van der Waals surface area contributed by atoms with Gasteiger partial charge in [0.15, 0.2) is 0 Å². The number of hydrogen-bond donors (Lipinski definition) is 1. The third-order valence-electron chi connectivity index (χ3n) is 3.09. The van der Waals surface area contributed by atoms with Crippen molar-refractivity contribution in [3.63, 3.8) is 0 Å². The molecule has 19 heavy (non-hydrogen) atoms. The standard InChI is InChI=1S/C14H16BrNO2S/c1-3-10(2)16-19(17,18)14-9-8-13(15)11-6-4-5-7-12(11)14/h4-10,16H,3H2,1-2H3/t10-/m0/s1. The van der Waals surface area contributed by atoms with Gasteiger partial charge in [0, 0.05) is 15.9 Å². The fourth-order valence-corrected chi connectivity index (χ4v) is 3.90. The van der Waals surface area contributed by atoms with Crippen LogP contribution in [0.5, 0.6) is 0 Å². The van der Waals surface area contributed by atoms with E-state index in [9.17, 15) is 8.42 Å². The van der Waals surface area contributed by atoms with E-state index in [2.05, 4.69) is 20.7 Å². The second-order valence-electron chi connectivity index (χ2n) is 4.52. The van der Waals surface area contributed by atoms with Crippen LogP contribution in [0.15, 0.2) is 45.8 Å². The monoisotopic (exact) mass is 341 g/mol. The number of hydrogen-bond acceptors (Lipinski definition) is 2. The molecule has 5 heteroatoms. The first-order valence-electron chi connectivity index (χ1n) is 6.15. The van der Waals surface area contributed by atoms with Gasteiger partial charge >= 0.3 is 0 Å². The van der Waals surface area contributed by atoms with E-state index in [1.165, 1.54) is 0 Å². The van der Waals surface area contributed by atoms with E-state index in [0.29, 0.717) is 4.90 Å². The molecule has 0 bridgehead atoms. The van der Waals surface area contributed by atoms with E-state index < -0.39 is 10.0 Å². The van der Waals surface area contributed by atoms with Crippen molar-refractivity contribution in [2.75, 3.05) is 0 Å². The minimum atomic E-state index is -3.49. The Morgan fingerprint density at radius 3 is 2.42 bits per heavy atom. The molecule has 0 aliphatic rings. The van der Waals surface area contributed by atoms with Gasteiger partial charge in [0.1, 0.15) is 0 Å². The Labute approximate surface area is 122 Å². The third kappa shape index (κ3) is 2.99. The minimum absolute atomic E-state index is 0.0765. The summed E-state index contributed by atoms with van der Waals surface area (Å²) in [5.41, 5.74) is 0. The van der Waals surface area contributed by atoms with E-state index in [0.717, 1.165) is 21.7 Å². The summed E-state index contributed by atoms with van der Waals surface area (Å²) in [4.78, 5) is 0.326. The molecule has 0 aliphatic carbocycles. The highest BCUT2D eigenvalue weighted by Gasteiger charge is 2.19. The summed E-state index contributed by atoms with van der Waals surface area (Å²) in [7, 11) is -3.49. The number of nitrogens with one attached hydrogen (secondary N) is 1. The first-order valence-corrected chi connectivity index (χ1v) is 8.43. The molecule has 1 atom stereocenters. The van der Waals surface area contributed by atoms with Crippen LogP contribution in [0.25, 0.3) is 10.8 Å². The lowest BCUT2D eigenvalue weighted by atomic mass is 10.1. The van der Waals surface area contributed by atoms with Crippen LogP contribution in [0.4, 0.5) is 0 Å². The predicted molar refractivity (Wildman–Crippen MR) is 81.7 cm³/mol. The van der Waals surface area contributed by atoms with Gasteiger partial charge < -0.3 is 0 Å². The summed E-state index contributed by atoms with van der Waals surface area (Å²) in [5, 5.41) is 1.63. The average molecular weight is 342 g/mol. The predicted octanol–water partition coefficient (Wildman–Crippen LogP) is 3.68. The molecule has 0 saturated carbocycles. The summed E-state index contributed by atoms with van der Waals surface area (Å²) in [5.74, 6) is 0. The van der Waals surface area contributed by atoms with Gasteiger partial charge in [-0.3, -0.25) is 0 Å². The zero-order valence-electron chi connectivity index (χ0n) is 10.9. The van der Waals surface area contributed by atoms with Crippen LogP contribution in [-0.2, 0) is 10.0 Å². The molecular formula is C14H16BrNO2S. The van der Waals surface area contributed by atoms with E-state index in [4.69, 9.17) is 0 Å². The van der Waals surface area contributed by atoms with Crippen molar-refractivity contribution >= 4 is 36.7 Å². The molecule has 3 nitrogen and oxygen atoms in total. The van der Waals surface area contributed by atoms with Crippen molar-refractivity contribution in [2.24, 2.45) is 0 Å². The first-order chi connectivity index (χ1) is 8.95. The van der Waals surface area contributed by atoms with E-state index in [1.807, 2.05) is 38.1 Å². The van der Waals surface area contributed by atoms with Gasteiger partial charge in [-0.15, -0.1) is 0 Å². The largest absolute Gasteiger partial charge is 0.241 e. The van der Waals surface area contributed by atoms with Crippen molar-refractivity contribution < 1.29 is 8.42 Å². The Kier molecular flexibility index (Phi) is 4.28. The Hall–Kier alpha value is -0.910. The molecule has 1 N–H and O–H groups in total. The Morgan fingerprint density at radius 2 is 1.79 bits per heavy atom. The van der Waals surface area contributed by atoms with Crippen molar-refractivity contribution in [2.45, 2.75) is 31.2 Å². The molecule has 0 radical (unpaired) electrons. The summed E-state index contributed by atoms with van der Waals surface area (Å²) in [6.07, 6.45) is 0.758. The Balaban J connectivity index is 2.60. The van der Waals surface area contributed by atoms with Crippen LogP contribution in [0.1, 0.15) is 20.3 Å². The molecule has 0 heterocycles. The van der Waals surface area contributed by atoms with E-state index in [1.54, 1.807) is 12.1 Å². The van der Waals surface area contributed by atoms with Gasteiger partial charge in [0.2, 0.25) is 10.0 Å². The molecule has 0 aromatic heterocycles. The zero-order chi connectivity index (χ0) is 14.0. The fraction of sp³-hybridized carbons (Fsp3) is 0.286. The molecule has 2 rings (SSSR count). The molecular weight excluding hydrogens is 326 g/mol. The lowest BCUT2D eigenvalue weighted by Gasteiger charge is -2.14. The van der Waals surface area contributed by atoms with Crippen molar-refractivity contribution in [1.29, 1.82) is 0 Å². The van der Waals surface area contributed by atoms with Crippen LogP contribution < -0.4 is 4.72 Å². The number of halogens is 1. The summed E-state index contributed by atoms with van der Waals surface area (Å²) in [6, 6.07) is 10.8. The summed E-state index contributed by atoms with van der Waals surface area (Å²) in [6.45, 7) is 3.81. The van der Waals surface area contributed by atoms with Gasteiger partial charge in [0.05, 0.1) is 4.90 Å². The van der Waals surface area contributed by atoms with Crippen molar-refractivity contribution in [1.82, 2.24) is 4.72 Å². The van der Waals surface area contributed by atoms with Crippen LogP contribution >= 0.6 is 15.9 Å². The highest BCUT2D eigenvalue weighted by atomic mass is 79.9. The Morgan fingerprint density at radius 1 is 1.16 bits per heavy atom. The van der Waals surface area contributed by atoms with Gasteiger partial charge in [-0.1, -0.05) is 47.1 Å². The highest BCUT2D eigenvalue weighted by molar-refractivity contribution is 9.10. The van der Waals surface area contributed by atoms with Crippen LogP contribution in [0.3, 0.4) is 0 Å². The van der Waals surface area contributed by atoms with Crippen LogP contribution in [0.2, 0.25) is 0 Å². The van der Waals surface area contributed by atoms with Crippen LogP contribution in [0, 0.1) is 0 Å². The number of benzene rings is 2. The second-order valence-corrected chi connectivity index (χ2v) is 7.06. The number of sulfonamides is 1. The number of rotatable bonds is 4. The fourth-order valence-electron chi connectivity index (χ4n) is 1.88. The van der Waals surface area contributed by atoms with Crippen molar-refractivity contribution in [3.8, 4) is 0 Å². The van der Waals surface area contributed by atoms with E-state index in [-0.39, 0.29) is 6.04 Å². The molecule has 0 saturated heterocycles. The highest BCUT2D eigenvalue weighted by Crippen LogP contribution is 2.29. The van der Waals surface area contributed by atoms with Crippen LogP contribution in [-0.4, -0.2) is 14.5 Å². The quantitative estimate of drug-likeness (QED) is 0.921. The lowest BCUT2D eigenvalue weighted by Crippen LogP contribution is -2.32. The summed E-state index contributed by atoms with van der Waals surface area (Å²) < 4.78 is 28.4. The smallest absolute Gasteiger partial charge is 0.208 e. The molecule has 0 unspecified atom stereocenters. The van der Waals surface area contributed by atoms with Gasteiger partial charge in [-0.2, -0.15) is 0 Å². The molecule has 2 aromatic rings. The average Bonchev–Trinajstić information content (AvgIpc) is 2.38. The van der Waals surface area contributed by atoms with Gasteiger partial charge in [-0.05, 0) is 30.9 Å². The normalized spacial score (nSPS) is 13.6. The minimum Gasteiger partial charge on any atom is -0.208 e. The number of fused-ring (bicyclic) bond motifs is 1. The lowest BCUT2D eigenvalue weighted by molar-refractivity contribution is 0.556. The van der Waals surface area contributed by atoms with E-state index >= 15 is 0 Å². The second kappa shape index (κ2) is 5.61. The molecule has 102 valence electrons. The Bertz CT molecular complexity index is 698. The molecule has 0 amide bonds. The molecule has 2 aromatic carbocycles. The maximum atomic E-state index is 12.4. The third-order valence-corrected chi connectivity index (χ3v) is 5.43. The van der Waals surface area contributed by atoms with Gasteiger partial charge in [0.25, 0.3) is 0 Å². The molecule has 0 aliphatic heterocycles. The first kappa shape index (κ1) is 14.5.